The van der Waals surface area contributed by atoms with Crippen LogP contribution in [0.2, 0.25) is 0 Å². The molecule has 1 aromatic heterocycles. The summed E-state index contributed by atoms with van der Waals surface area (Å²) in [5.41, 5.74) is 3.45. The number of nitrogens with zero attached hydrogens (tertiary/aromatic N) is 1. The van der Waals surface area contributed by atoms with Gasteiger partial charge in [-0.15, -0.1) is 0 Å². The molecule has 0 bridgehead atoms. The molecule has 1 aromatic carbocycles. The van der Waals surface area contributed by atoms with Crippen LogP contribution in [0.15, 0.2) is 41.3 Å². The molecule has 4 nitrogen and oxygen atoms in total. The first-order chi connectivity index (χ1) is 10.2. The van der Waals surface area contributed by atoms with Gasteiger partial charge in [-0.1, -0.05) is 13.0 Å². The van der Waals surface area contributed by atoms with Crippen LogP contribution in [0.5, 0.6) is 5.75 Å². The summed E-state index contributed by atoms with van der Waals surface area (Å²) < 4.78 is 1.75. The van der Waals surface area contributed by atoms with E-state index < -0.39 is 0 Å². The number of phenols is 1. The van der Waals surface area contributed by atoms with Gasteiger partial charge in [0.1, 0.15) is 5.75 Å². The number of rotatable bonds is 4. The highest BCUT2D eigenvalue weighted by molar-refractivity contribution is 5.48. The van der Waals surface area contributed by atoms with Gasteiger partial charge in [-0.25, -0.2) is 0 Å². The molecule has 0 spiro atoms. The number of aromatic nitrogens is 1. The number of aromatic hydroxyl groups is 1. The van der Waals surface area contributed by atoms with Gasteiger partial charge >= 0.3 is 0 Å². The number of phenolic OH excluding ortho intramolecular Hbond substituents is 1. The van der Waals surface area contributed by atoms with Gasteiger partial charge in [0.15, 0.2) is 0 Å². The van der Waals surface area contributed by atoms with Crippen LogP contribution in [-0.4, -0.2) is 9.67 Å². The SMILES string of the molecule is CCCn1cc(NC2CCc3cc(O)ccc32)ccc1=O. The van der Waals surface area contributed by atoms with Crippen LogP contribution in [0.4, 0.5) is 5.69 Å². The highest BCUT2D eigenvalue weighted by Crippen LogP contribution is 2.35. The lowest BCUT2D eigenvalue weighted by Crippen LogP contribution is -2.19. The zero-order valence-corrected chi connectivity index (χ0v) is 12.2. The maximum atomic E-state index is 11.7. The smallest absolute Gasteiger partial charge is 0.250 e. The van der Waals surface area contributed by atoms with Crippen molar-refractivity contribution >= 4 is 5.69 Å². The van der Waals surface area contributed by atoms with Crippen LogP contribution in [0.3, 0.4) is 0 Å². The Morgan fingerprint density at radius 3 is 3.00 bits per heavy atom. The van der Waals surface area contributed by atoms with E-state index in [0.29, 0.717) is 5.75 Å². The average Bonchev–Trinajstić information content (AvgIpc) is 2.85. The lowest BCUT2D eigenvalue weighted by atomic mass is 10.1. The fourth-order valence-corrected chi connectivity index (χ4v) is 2.99. The summed E-state index contributed by atoms with van der Waals surface area (Å²) in [4.78, 5) is 11.7. The van der Waals surface area contributed by atoms with Gasteiger partial charge in [0.25, 0.3) is 5.56 Å². The molecule has 0 saturated carbocycles. The van der Waals surface area contributed by atoms with Crippen molar-refractivity contribution in [1.29, 1.82) is 0 Å². The van der Waals surface area contributed by atoms with Crippen LogP contribution in [-0.2, 0) is 13.0 Å². The first kappa shape index (κ1) is 13.7. The van der Waals surface area contributed by atoms with Crippen LogP contribution >= 0.6 is 0 Å². The van der Waals surface area contributed by atoms with E-state index >= 15 is 0 Å². The maximum Gasteiger partial charge on any atom is 0.250 e. The molecule has 1 aliphatic carbocycles. The van der Waals surface area contributed by atoms with Crippen molar-refractivity contribution in [3.05, 3.63) is 58.0 Å². The quantitative estimate of drug-likeness (QED) is 0.907. The van der Waals surface area contributed by atoms with Gasteiger partial charge in [0.2, 0.25) is 0 Å². The van der Waals surface area contributed by atoms with Gasteiger partial charge in [-0.3, -0.25) is 4.79 Å². The third-order valence-electron chi connectivity index (χ3n) is 3.99. The molecule has 1 heterocycles. The Labute approximate surface area is 124 Å². The largest absolute Gasteiger partial charge is 0.508 e. The van der Waals surface area contributed by atoms with Gasteiger partial charge < -0.3 is 15.0 Å². The first-order valence-corrected chi connectivity index (χ1v) is 7.46. The maximum absolute atomic E-state index is 11.7. The Morgan fingerprint density at radius 1 is 1.33 bits per heavy atom. The third-order valence-corrected chi connectivity index (χ3v) is 3.99. The summed E-state index contributed by atoms with van der Waals surface area (Å²) in [7, 11) is 0. The molecule has 2 N–H and O–H groups in total. The number of fused-ring (bicyclic) bond motifs is 1. The molecule has 1 atom stereocenters. The molecule has 0 aliphatic heterocycles. The summed E-state index contributed by atoms with van der Waals surface area (Å²) in [6.45, 7) is 2.80. The molecule has 3 rings (SSSR count). The third kappa shape index (κ3) is 2.79. The molecular formula is C17H20N2O2. The molecule has 0 radical (unpaired) electrons. The number of hydrogen-bond acceptors (Lipinski definition) is 3. The minimum atomic E-state index is 0.0409. The lowest BCUT2D eigenvalue weighted by molar-refractivity contribution is 0.474. The molecule has 0 saturated heterocycles. The van der Waals surface area contributed by atoms with Gasteiger partial charge in [0.05, 0.1) is 11.7 Å². The Balaban J connectivity index is 1.83. The second-order valence-corrected chi connectivity index (χ2v) is 5.57. The van der Waals surface area contributed by atoms with E-state index in [0.717, 1.165) is 31.5 Å². The predicted molar refractivity (Wildman–Crippen MR) is 83.8 cm³/mol. The number of hydrogen-bond donors (Lipinski definition) is 2. The molecular weight excluding hydrogens is 264 g/mol. The van der Waals surface area contributed by atoms with Crippen molar-refractivity contribution in [3.63, 3.8) is 0 Å². The van der Waals surface area contributed by atoms with Gasteiger partial charge in [-0.05, 0) is 48.6 Å². The Hall–Kier alpha value is -2.23. The van der Waals surface area contributed by atoms with E-state index in [1.807, 2.05) is 24.4 Å². The molecule has 0 fully saturated rings. The van der Waals surface area contributed by atoms with Crippen molar-refractivity contribution in [2.75, 3.05) is 5.32 Å². The second-order valence-electron chi connectivity index (χ2n) is 5.57. The summed E-state index contributed by atoms with van der Waals surface area (Å²) in [6, 6.07) is 9.26. The van der Waals surface area contributed by atoms with Crippen molar-refractivity contribution in [1.82, 2.24) is 4.57 Å². The highest BCUT2D eigenvalue weighted by atomic mass is 16.3. The van der Waals surface area contributed by atoms with Crippen LogP contribution in [0.25, 0.3) is 0 Å². The topological polar surface area (TPSA) is 54.3 Å². The first-order valence-electron chi connectivity index (χ1n) is 7.46. The fraction of sp³-hybridized carbons (Fsp3) is 0.353. The molecule has 1 aliphatic rings. The van der Waals surface area contributed by atoms with E-state index in [2.05, 4.69) is 12.2 Å². The van der Waals surface area contributed by atoms with Crippen molar-refractivity contribution in [3.8, 4) is 5.75 Å². The van der Waals surface area contributed by atoms with Gasteiger partial charge in [0, 0.05) is 18.8 Å². The summed E-state index contributed by atoms with van der Waals surface area (Å²) in [6.07, 6.45) is 4.81. The van der Waals surface area contributed by atoms with Crippen molar-refractivity contribution < 1.29 is 5.11 Å². The average molecular weight is 284 g/mol. The van der Waals surface area contributed by atoms with Crippen molar-refractivity contribution in [2.24, 2.45) is 0 Å². The molecule has 110 valence electrons. The minimum Gasteiger partial charge on any atom is -0.508 e. The van der Waals surface area contributed by atoms with E-state index in [1.165, 1.54) is 11.1 Å². The Kier molecular flexibility index (Phi) is 3.69. The van der Waals surface area contributed by atoms with E-state index in [9.17, 15) is 9.90 Å². The van der Waals surface area contributed by atoms with Crippen molar-refractivity contribution in [2.45, 2.75) is 38.8 Å². The van der Waals surface area contributed by atoms with E-state index in [4.69, 9.17) is 0 Å². The molecule has 4 heteroatoms. The van der Waals surface area contributed by atoms with E-state index in [-0.39, 0.29) is 11.6 Å². The number of nitrogens with one attached hydrogen (secondary N) is 1. The normalized spacial score (nSPS) is 16.7. The monoisotopic (exact) mass is 284 g/mol. The zero-order valence-electron chi connectivity index (χ0n) is 12.2. The molecule has 21 heavy (non-hydrogen) atoms. The number of aryl methyl sites for hydroxylation is 2. The standard InChI is InChI=1S/C17H20N2O2/c1-2-9-19-11-13(4-8-17(19)21)18-16-7-3-12-10-14(20)5-6-15(12)16/h4-6,8,10-11,16,18,20H,2-3,7,9H2,1H3. The van der Waals surface area contributed by atoms with Gasteiger partial charge in [-0.2, -0.15) is 0 Å². The zero-order chi connectivity index (χ0) is 14.8. The van der Waals surface area contributed by atoms with E-state index in [1.54, 1.807) is 16.7 Å². The fourth-order valence-electron chi connectivity index (χ4n) is 2.99. The predicted octanol–water partition coefficient (Wildman–Crippen LogP) is 3.06. The molecule has 1 unspecified atom stereocenters. The molecule has 0 amide bonds. The number of pyridine rings is 1. The molecule has 2 aromatic rings. The summed E-state index contributed by atoms with van der Waals surface area (Å²) in [5.74, 6) is 0.325. The summed E-state index contributed by atoms with van der Waals surface area (Å²) in [5, 5.41) is 13.0. The van der Waals surface area contributed by atoms with Crippen LogP contribution in [0, 0.1) is 0 Å². The summed E-state index contributed by atoms with van der Waals surface area (Å²) >= 11 is 0. The Morgan fingerprint density at radius 2 is 2.19 bits per heavy atom. The number of anilines is 1. The minimum absolute atomic E-state index is 0.0409. The second kappa shape index (κ2) is 5.64. The highest BCUT2D eigenvalue weighted by Gasteiger charge is 2.22. The van der Waals surface area contributed by atoms with Crippen LogP contribution in [0.1, 0.15) is 36.9 Å². The Bertz CT molecular complexity index is 706. The lowest BCUT2D eigenvalue weighted by Gasteiger charge is -2.16. The van der Waals surface area contributed by atoms with Crippen LogP contribution < -0.4 is 10.9 Å². The number of benzene rings is 1.